The first kappa shape index (κ1) is 8.81. The zero-order valence-corrected chi connectivity index (χ0v) is 5.14. The predicted molar refractivity (Wildman–Crippen MR) is 31.5 cm³/mol. The summed E-state index contributed by atoms with van der Waals surface area (Å²) >= 11 is 0. The molecule has 0 spiro atoms. The van der Waals surface area contributed by atoms with E-state index in [4.69, 9.17) is 0 Å². The number of hydrogen-bond acceptors (Lipinski definition) is 2. The second-order valence-electron chi connectivity index (χ2n) is 1.37. The second kappa shape index (κ2) is 4.67. The normalized spacial score (nSPS) is 9.80. The quantitative estimate of drug-likeness (QED) is 0.447. The van der Waals surface area contributed by atoms with Gasteiger partial charge in [-0.2, -0.15) is 4.39 Å². The smallest absolute Gasteiger partial charge is 0.366 e. The molecule has 0 aliphatic heterocycles. The van der Waals surface area contributed by atoms with Crippen molar-refractivity contribution in [2.24, 2.45) is 0 Å². The molecule has 0 saturated carbocycles. The maximum Gasteiger partial charge on any atom is 0.366 e. The van der Waals surface area contributed by atoms with E-state index < -0.39 is 11.8 Å². The Kier molecular flexibility index (Phi) is 4.11. The largest absolute Gasteiger partial charge is 0.456 e. The topological polar surface area (TPSA) is 26.3 Å². The van der Waals surface area contributed by atoms with Crippen LogP contribution >= 0.6 is 0 Å². The Morgan fingerprint density at radius 3 is 2.70 bits per heavy atom. The van der Waals surface area contributed by atoms with Crippen molar-refractivity contribution in [3.63, 3.8) is 0 Å². The number of halogens is 2. The van der Waals surface area contributed by atoms with Crippen LogP contribution in [0.5, 0.6) is 0 Å². The lowest BCUT2D eigenvalue weighted by Gasteiger charge is -1.95. The molecule has 0 unspecified atom stereocenters. The summed E-state index contributed by atoms with van der Waals surface area (Å²) in [5.41, 5.74) is 0. The van der Waals surface area contributed by atoms with Crippen LogP contribution in [-0.4, -0.2) is 12.6 Å². The Balaban J connectivity index is 3.50. The Bertz CT molecular complexity index is 163. The van der Waals surface area contributed by atoms with Crippen LogP contribution in [0.1, 0.15) is 0 Å². The Morgan fingerprint density at radius 1 is 1.70 bits per heavy atom. The van der Waals surface area contributed by atoms with Gasteiger partial charge in [-0.1, -0.05) is 6.58 Å². The van der Waals surface area contributed by atoms with Gasteiger partial charge in [0.2, 0.25) is 5.83 Å². The van der Waals surface area contributed by atoms with Gasteiger partial charge < -0.3 is 4.74 Å². The number of carbonyl (C=O) groups excluding carboxylic acids is 1. The minimum atomic E-state index is -1.19. The molecule has 0 rings (SSSR count). The summed E-state index contributed by atoms with van der Waals surface area (Å²) in [4.78, 5) is 10.2. The van der Waals surface area contributed by atoms with Crippen molar-refractivity contribution >= 4 is 5.97 Å². The van der Waals surface area contributed by atoms with Gasteiger partial charge in [-0.05, 0) is 6.08 Å². The number of hydrogen-bond donors (Lipinski definition) is 0. The number of ether oxygens (including phenoxy) is 1. The summed E-state index contributed by atoms with van der Waals surface area (Å²) in [6.45, 7) is 2.40. The Labute approximate surface area is 56.8 Å². The first-order valence-corrected chi connectivity index (χ1v) is 2.45. The zero-order valence-electron chi connectivity index (χ0n) is 5.14. The molecule has 0 aromatic carbocycles. The first-order chi connectivity index (χ1) is 4.68. The fourth-order valence-electron chi connectivity index (χ4n) is 0.238. The van der Waals surface area contributed by atoms with Crippen molar-refractivity contribution in [3.8, 4) is 0 Å². The Morgan fingerprint density at radius 2 is 2.30 bits per heavy atom. The molecule has 2 nitrogen and oxygen atoms in total. The van der Waals surface area contributed by atoms with Crippen molar-refractivity contribution in [1.29, 1.82) is 0 Å². The van der Waals surface area contributed by atoms with Gasteiger partial charge in [0, 0.05) is 0 Å². The van der Waals surface area contributed by atoms with Gasteiger partial charge in [-0.3, -0.25) is 0 Å². The molecule has 0 radical (unpaired) electrons. The third-order valence-corrected chi connectivity index (χ3v) is 0.621. The van der Waals surface area contributed by atoms with E-state index in [1.54, 1.807) is 0 Å². The van der Waals surface area contributed by atoms with E-state index in [2.05, 4.69) is 11.3 Å². The molecule has 10 heavy (non-hydrogen) atoms. The molecule has 0 heterocycles. The van der Waals surface area contributed by atoms with Crippen molar-refractivity contribution in [2.45, 2.75) is 0 Å². The molecule has 0 atom stereocenters. The molecule has 0 saturated heterocycles. The van der Waals surface area contributed by atoms with Gasteiger partial charge in [-0.15, -0.1) is 0 Å². The third-order valence-electron chi connectivity index (χ3n) is 0.621. The molecule has 0 aromatic heterocycles. The van der Waals surface area contributed by atoms with Crippen LogP contribution in [0.2, 0.25) is 0 Å². The van der Waals surface area contributed by atoms with Crippen LogP contribution in [0, 0.1) is 0 Å². The van der Waals surface area contributed by atoms with Crippen molar-refractivity contribution in [2.75, 3.05) is 6.61 Å². The third kappa shape index (κ3) is 3.77. The van der Waals surface area contributed by atoms with E-state index >= 15 is 0 Å². The molecule has 0 aliphatic carbocycles. The number of rotatable bonds is 3. The lowest BCUT2D eigenvalue weighted by molar-refractivity contribution is -0.139. The minimum absolute atomic E-state index is 0.203. The molecule has 4 heteroatoms. The highest BCUT2D eigenvalue weighted by atomic mass is 19.1. The van der Waals surface area contributed by atoms with Gasteiger partial charge in [-0.25, -0.2) is 9.18 Å². The summed E-state index contributed by atoms with van der Waals surface area (Å²) in [6, 6.07) is 0. The molecule has 0 aliphatic rings. The maximum absolute atomic E-state index is 11.7. The van der Waals surface area contributed by atoms with E-state index in [-0.39, 0.29) is 12.9 Å². The second-order valence-corrected chi connectivity index (χ2v) is 1.37. The summed E-state index contributed by atoms with van der Waals surface area (Å²) in [7, 11) is 0. The van der Waals surface area contributed by atoms with Gasteiger partial charge in [0.25, 0.3) is 0 Å². The van der Waals surface area contributed by atoms with Crippen molar-refractivity contribution in [3.05, 3.63) is 24.8 Å². The van der Waals surface area contributed by atoms with Gasteiger partial charge in [0.1, 0.15) is 6.61 Å². The van der Waals surface area contributed by atoms with E-state index in [0.29, 0.717) is 0 Å². The summed E-state index contributed by atoms with van der Waals surface area (Å²) in [6.07, 6.45) is 1.13. The van der Waals surface area contributed by atoms with Gasteiger partial charge >= 0.3 is 5.97 Å². The molecular formula is C6H6F2O2. The van der Waals surface area contributed by atoms with Crippen LogP contribution in [0.3, 0.4) is 0 Å². The average molecular weight is 148 g/mol. The van der Waals surface area contributed by atoms with Crippen LogP contribution in [0.25, 0.3) is 0 Å². The maximum atomic E-state index is 11.7. The lowest BCUT2D eigenvalue weighted by Crippen LogP contribution is -2.03. The van der Waals surface area contributed by atoms with E-state index in [1.165, 1.54) is 0 Å². The molecule has 0 fully saturated rings. The summed E-state index contributed by atoms with van der Waals surface area (Å²) in [5.74, 6) is -2.36. The van der Waals surface area contributed by atoms with Gasteiger partial charge in [0.15, 0.2) is 0 Å². The van der Waals surface area contributed by atoms with E-state index in [9.17, 15) is 13.6 Å². The fraction of sp³-hybridized carbons (Fsp3) is 0.167. The number of esters is 1. The highest BCUT2D eigenvalue weighted by molar-refractivity contribution is 5.85. The monoisotopic (exact) mass is 148 g/mol. The molecule has 0 bridgehead atoms. The van der Waals surface area contributed by atoms with Crippen molar-refractivity contribution < 1.29 is 18.3 Å². The van der Waals surface area contributed by atoms with E-state index in [1.807, 2.05) is 0 Å². The van der Waals surface area contributed by atoms with Gasteiger partial charge in [0.05, 0.1) is 6.33 Å². The Hall–Kier alpha value is -1.19. The van der Waals surface area contributed by atoms with E-state index in [0.717, 1.165) is 6.08 Å². The molecular weight excluding hydrogens is 142 g/mol. The minimum Gasteiger partial charge on any atom is -0.456 e. The average Bonchev–Trinajstić information content (AvgIpc) is 1.88. The lowest BCUT2D eigenvalue weighted by atomic mass is 10.6. The molecule has 0 amide bonds. The van der Waals surface area contributed by atoms with Crippen LogP contribution < -0.4 is 0 Å². The standard InChI is InChI=1S/C6H6F2O2/c1-5(8)6(9)10-4-2-3-7/h2-3H,1,4H2. The molecule has 0 N–H and O–H groups in total. The highest BCUT2D eigenvalue weighted by Crippen LogP contribution is 1.94. The fourth-order valence-corrected chi connectivity index (χ4v) is 0.238. The van der Waals surface area contributed by atoms with Crippen LogP contribution in [0.4, 0.5) is 8.78 Å². The van der Waals surface area contributed by atoms with Crippen molar-refractivity contribution in [1.82, 2.24) is 0 Å². The summed E-state index contributed by atoms with van der Waals surface area (Å²) < 4.78 is 27.0. The first-order valence-electron chi connectivity index (χ1n) is 2.45. The molecule has 0 aromatic rings. The predicted octanol–water partition coefficient (Wildman–Crippen LogP) is 1.50. The summed E-state index contributed by atoms with van der Waals surface area (Å²) in [5, 5.41) is 0. The highest BCUT2D eigenvalue weighted by Gasteiger charge is 2.04. The SMILES string of the molecule is C=C(F)C(=O)OCC=CF. The molecule has 56 valence electrons. The van der Waals surface area contributed by atoms with Crippen LogP contribution in [-0.2, 0) is 9.53 Å². The number of carbonyl (C=O) groups is 1. The zero-order chi connectivity index (χ0) is 7.98. The van der Waals surface area contributed by atoms with Crippen LogP contribution in [0.15, 0.2) is 24.8 Å².